The van der Waals surface area contributed by atoms with Gasteiger partial charge in [-0.25, -0.2) is 0 Å². The van der Waals surface area contributed by atoms with Crippen LogP contribution in [0.15, 0.2) is 18.2 Å². The van der Waals surface area contributed by atoms with Crippen molar-refractivity contribution in [1.82, 2.24) is 0 Å². The van der Waals surface area contributed by atoms with Gasteiger partial charge in [-0.3, -0.25) is 4.79 Å². The summed E-state index contributed by atoms with van der Waals surface area (Å²) in [5, 5.41) is 3.59. The van der Waals surface area contributed by atoms with E-state index in [0.717, 1.165) is 0 Å². The molecular weight excluding hydrogens is 235 g/mol. The van der Waals surface area contributed by atoms with Gasteiger partial charge >= 0.3 is 0 Å². The molecule has 0 saturated heterocycles. The summed E-state index contributed by atoms with van der Waals surface area (Å²) in [5.41, 5.74) is 6.12. The van der Waals surface area contributed by atoms with Crippen LogP contribution >= 0.6 is 23.2 Å². The van der Waals surface area contributed by atoms with E-state index in [-0.39, 0.29) is 5.91 Å². The molecule has 0 spiro atoms. The number of hydrogen-bond donors (Lipinski definition) is 2. The second kappa shape index (κ2) is 5.35. The van der Waals surface area contributed by atoms with Gasteiger partial charge in [0.05, 0.1) is 6.04 Å². The number of anilines is 1. The van der Waals surface area contributed by atoms with E-state index >= 15 is 0 Å². The van der Waals surface area contributed by atoms with Gasteiger partial charge in [-0.2, -0.15) is 0 Å². The fourth-order valence-electron chi connectivity index (χ4n) is 1.05. The van der Waals surface area contributed by atoms with E-state index in [4.69, 9.17) is 28.9 Å². The Morgan fingerprint density at radius 1 is 1.40 bits per heavy atom. The highest BCUT2D eigenvalue weighted by Crippen LogP contribution is 2.22. The Bertz CT molecular complexity index is 348. The topological polar surface area (TPSA) is 55.1 Å². The smallest absolute Gasteiger partial charge is 0.241 e. The highest BCUT2D eigenvalue weighted by Gasteiger charge is 2.11. The zero-order chi connectivity index (χ0) is 11.4. The molecule has 15 heavy (non-hydrogen) atoms. The average Bonchev–Trinajstić information content (AvgIpc) is 2.14. The third-order valence-electron chi connectivity index (χ3n) is 1.91. The molecule has 82 valence electrons. The molecule has 0 saturated carbocycles. The normalized spacial score (nSPS) is 12.3. The highest BCUT2D eigenvalue weighted by molar-refractivity contribution is 6.35. The second-order valence-corrected chi connectivity index (χ2v) is 4.03. The Labute approximate surface area is 98.5 Å². The first kappa shape index (κ1) is 12.3. The molecule has 0 aliphatic carbocycles. The van der Waals surface area contributed by atoms with Crippen LogP contribution in [0, 0.1) is 0 Å². The fraction of sp³-hybridized carbons (Fsp3) is 0.300. The number of nitrogens with one attached hydrogen (secondary N) is 1. The molecule has 5 heteroatoms. The number of hydrogen-bond acceptors (Lipinski definition) is 2. The number of benzene rings is 1. The summed E-state index contributed by atoms with van der Waals surface area (Å²) < 4.78 is 0. The van der Waals surface area contributed by atoms with Crippen molar-refractivity contribution in [2.75, 3.05) is 5.32 Å². The molecular formula is C10H12Cl2N2O. The summed E-state index contributed by atoms with van der Waals surface area (Å²) >= 11 is 11.6. The maximum absolute atomic E-state index is 11.4. The molecule has 0 radical (unpaired) electrons. The molecule has 1 amide bonds. The molecule has 0 aliphatic rings. The Morgan fingerprint density at radius 2 is 1.93 bits per heavy atom. The molecule has 1 rings (SSSR count). The van der Waals surface area contributed by atoms with Crippen LogP contribution < -0.4 is 11.1 Å². The summed E-state index contributed by atoms with van der Waals surface area (Å²) in [6.45, 7) is 1.84. The van der Waals surface area contributed by atoms with Crippen molar-refractivity contribution in [3.05, 3.63) is 28.2 Å². The Hall–Kier alpha value is -0.770. The van der Waals surface area contributed by atoms with Gasteiger partial charge in [0, 0.05) is 15.7 Å². The molecule has 0 aliphatic heterocycles. The maximum atomic E-state index is 11.4. The van der Waals surface area contributed by atoms with E-state index in [1.165, 1.54) is 0 Å². The number of nitrogens with two attached hydrogens (primary N) is 1. The number of carbonyl (C=O) groups excluding carboxylic acids is 1. The zero-order valence-electron chi connectivity index (χ0n) is 8.26. The molecule has 3 nitrogen and oxygen atoms in total. The summed E-state index contributed by atoms with van der Waals surface area (Å²) in [4.78, 5) is 11.4. The van der Waals surface area contributed by atoms with Crippen molar-refractivity contribution in [2.24, 2.45) is 5.73 Å². The van der Waals surface area contributed by atoms with Crippen LogP contribution in [0.25, 0.3) is 0 Å². The SMILES string of the molecule is CC[C@H](N)C(=O)Nc1cc(Cl)cc(Cl)c1. The fourth-order valence-corrected chi connectivity index (χ4v) is 1.57. The zero-order valence-corrected chi connectivity index (χ0v) is 9.77. The van der Waals surface area contributed by atoms with Gasteiger partial charge in [0.25, 0.3) is 0 Å². The lowest BCUT2D eigenvalue weighted by Gasteiger charge is -2.10. The van der Waals surface area contributed by atoms with E-state index in [1.807, 2.05) is 6.92 Å². The predicted molar refractivity (Wildman–Crippen MR) is 63.4 cm³/mol. The van der Waals surface area contributed by atoms with E-state index in [1.54, 1.807) is 18.2 Å². The molecule has 1 aromatic rings. The lowest BCUT2D eigenvalue weighted by atomic mass is 10.2. The first-order valence-corrected chi connectivity index (χ1v) is 5.31. The number of carbonyl (C=O) groups is 1. The van der Waals surface area contributed by atoms with Crippen molar-refractivity contribution in [3.63, 3.8) is 0 Å². The third kappa shape index (κ3) is 3.70. The van der Waals surface area contributed by atoms with Gasteiger partial charge in [-0.1, -0.05) is 30.1 Å². The van der Waals surface area contributed by atoms with Crippen LogP contribution in [0.4, 0.5) is 5.69 Å². The highest BCUT2D eigenvalue weighted by atomic mass is 35.5. The quantitative estimate of drug-likeness (QED) is 0.862. The van der Waals surface area contributed by atoms with E-state index in [2.05, 4.69) is 5.32 Å². The minimum absolute atomic E-state index is 0.240. The summed E-state index contributed by atoms with van der Waals surface area (Å²) in [6, 6.07) is 4.32. The lowest BCUT2D eigenvalue weighted by molar-refractivity contribution is -0.117. The third-order valence-corrected chi connectivity index (χ3v) is 2.34. The van der Waals surface area contributed by atoms with Gasteiger partial charge in [0.15, 0.2) is 0 Å². The van der Waals surface area contributed by atoms with E-state index in [9.17, 15) is 4.79 Å². The van der Waals surface area contributed by atoms with Crippen molar-refractivity contribution < 1.29 is 4.79 Å². The minimum atomic E-state index is -0.511. The summed E-state index contributed by atoms with van der Waals surface area (Å²) in [5.74, 6) is -0.240. The molecule has 0 aromatic heterocycles. The maximum Gasteiger partial charge on any atom is 0.241 e. The molecule has 1 aromatic carbocycles. The molecule has 1 atom stereocenters. The van der Waals surface area contributed by atoms with E-state index < -0.39 is 6.04 Å². The molecule has 3 N–H and O–H groups in total. The lowest BCUT2D eigenvalue weighted by Crippen LogP contribution is -2.34. The molecule has 0 unspecified atom stereocenters. The van der Waals surface area contributed by atoms with Crippen LogP contribution in [-0.4, -0.2) is 11.9 Å². The Balaban J connectivity index is 2.76. The second-order valence-electron chi connectivity index (χ2n) is 3.16. The number of halogens is 2. The minimum Gasteiger partial charge on any atom is -0.325 e. The largest absolute Gasteiger partial charge is 0.325 e. The molecule has 0 fully saturated rings. The van der Waals surface area contributed by atoms with Crippen LogP contribution in [0.3, 0.4) is 0 Å². The van der Waals surface area contributed by atoms with Crippen LogP contribution in [0.2, 0.25) is 10.0 Å². The first-order valence-electron chi connectivity index (χ1n) is 4.55. The van der Waals surface area contributed by atoms with Crippen molar-refractivity contribution >= 4 is 34.8 Å². The van der Waals surface area contributed by atoms with Crippen molar-refractivity contribution in [1.29, 1.82) is 0 Å². The van der Waals surface area contributed by atoms with Crippen LogP contribution in [-0.2, 0) is 4.79 Å². The Morgan fingerprint density at radius 3 is 2.40 bits per heavy atom. The van der Waals surface area contributed by atoms with Crippen LogP contribution in [0.1, 0.15) is 13.3 Å². The Kier molecular flexibility index (Phi) is 4.39. The first-order chi connectivity index (χ1) is 7.02. The van der Waals surface area contributed by atoms with E-state index in [0.29, 0.717) is 22.2 Å². The monoisotopic (exact) mass is 246 g/mol. The van der Waals surface area contributed by atoms with Gasteiger partial charge < -0.3 is 11.1 Å². The van der Waals surface area contributed by atoms with Gasteiger partial charge in [0.2, 0.25) is 5.91 Å². The predicted octanol–water partition coefficient (Wildman–Crippen LogP) is 2.67. The summed E-state index contributed by atoms with van der Waals surface area (Å²) in [7, 11) is 0. The standard InChI is InChI=1S/C10H12Cl2N2O/c1-2-9(13)10(15)14-8-4-6(11)3-7(12)5-8/h3-5,9H,2,13H2,1H3,(H,14,15)/t9-/m0/s1. The number of rotatable bonds is 3. The average molecular weight is 247 g/mol. The van der Waals surface area contributed by atoms with Crippen molar-refractivity contribution in [3.8, 4) is 0 Å². The van der Waals surface area contributed by atoms with Gasteiger partial charge in [-0.15, -0.1) is 0 Å². The molecule has 0 bridgehead atoms. The van der Waals surface area contributed by atoms with Crippen LogP contribution in [0.5, 0.6) is 0 Å². The number of amides is 1. The molecule has 0 heterocycles. The van der Waals surface area contributed by atoms with Gasteiger partial charge in [-0.05, 0) is 24.6 Å². The summed E-state index contributed by atoms with van der Waals surface area (Å²) in [6.07, 6.45) is 0.583. The van der Waals surface area contributed by atoms with Crippen molar-refractivity contribution in [2.45, 2.75) is 19.4 Å². The van der Waals surface area contributed by atoms with Gasteiger partial charge in [0.1, 0.15) is 0 Å².